The molecule has 4 rings (SSSR count). The van der Waals surface area contributed by atoms with Crippen LogP contribution >= 0.6 is 0 Å². The Morgan fingerprint density at radius 1 is 1.07 bits per heavy atom. The highest BCUT2D eigenvalue weighted by Crippen LogP contribution is 2.32. The minimum Gasteiger partial charge on any atom is -0.478 e. The van der Waals surface area contributed by atoms with Crippen LogP contribution in [0, 0.1) is 0 Å². The Morgan fingerprint density at radius 2 is 1.73 bits per heavy atom. The minimum absolute atomic E-state index is 0.0224. The third kappa shape index (κ3) is 4.19. The smallest absolute Gasteiger partial charge is 0.434 e. The first kappa shape index (κ1) is 20.1. The molecule has 0 N–H and O–H groups in total. The van der Waals surface area contributed by atoms with E-state index in [-0.39, 0.29) is 11.6 Å². The van der Waals surface area contributed by atoms with Gasteiger partial charge >= 0.3 is 12.3 Å². The summed E-state index contributed by atoms with van der Waals surface area (Å²) in [7, 11) is 0. The SMILES string of the molecule is O=C(ON(C1=NCC(C(F)(F)F)Oc2ccccc21)c1ccccc1)N1CCCC1. The molecule has 0 radical (unpaired) electrons. The lowest BCUT2D eigenvalue weighted by atomic mass is 10.1. The molecule has 1 atom stereocenters. The second-order valence-corrected chi connectivity index (χ2v) is 6.99. The van der Waals surface area contributed by atoms with E-state index >= 15 is 0 Å². The molecule has 2 heterocycles. The molecular weight excluding hydrogens is 399 g/mol. The molecule has 1 amide bonds. The van der Waals surface area contributed by atoms with Gasteiger partial charge in [0, 0.05) is 13.1 Å². The van der Waals surface area contributed by atoms with E-state index in [2.05, 4.69) is 4.99 Å². The molecule has 6 nitrogen and oxygen atoms in total. The summed E-state index contributed by atoms with van der Waals surface area (Å²) < 4.78 is 45.4. The summed E-state index contributed by atoms with van der Waals surface area (Å²) in [5, 5.41) is 1.18. The van der Waals surface area contributed by atoms with E-state index < -0.39 is 24.9 Å². The van der Waals surface area contributed by atoms with Gasteiger partial charge in [0.05, 0.1) is 17.8 Å². The number of hydroxylamine groups is 1. The molecule has 9 heteroatoms. The Labute approximate surface area is 171 Å². The summed E-state index contributed by atoms with van der Waals surface area (Å²) in [4.78, 5) is 24.1. The van der Waals surface area contributed by atoms with Crippen molar-refractivity contribution in [3.63, 3.8) is 0 Å². The highest BCUT2D eigenvalue weighted by Gasteiger charge is 2.44. The summed E-state index contributed by atoms with van der Waals surface area (Å²) in [6.07, 6.45) is -5.50. The van der Waals surface area contributed by atoms with Crippen molar-refractivity contribution in [3.8, 4) is 5.75 Å². The van der Waals surface area contributed by atoms with Crippen LogP contribution in [-0.2, 0) is 4.84 Å². The number of carbonyl (C=O) groups excluding carboxylic acids is 1. The van der Waals surface area contributed by atoms with Gasteiger partial charge in [-0.2, -0.15) is 18.2 Å². The van der Waals surface area contributed by atoms with Crippen molar-refractivity contribution < 1.29 is 27.5 Å². The summed E-state index contributed by atoms with van der Waals surface area (Å²) in [6.45, 7) is 0.492. The van der Waals surface area contributed by atoms with E-state index in [4.69, 9.17) is 9.57 Å². The second-order valence-electron chi connectivity index (χ2n) is 6.99. The number of carbonyl (C=O) groups is 1. The first-order valence-corrected chi connectivity index (χ1v) is 9.63. The van der Waals surface area contributed by atoms with Crippen LogP contribution in [0.1, 0.15) is 18.4 Å². The van der Waals surface area contributed by atoms with Crippen LogP contribution in [0.5, 0.6) is 5.75 Å². The van der Waals surface area contributed by atoms with E-state index in [0.717, 1.165) is 12.8 Å². The molecule has 2 aliphatic rings. The molecule has 2 aliphatic heterocycles. The molecule has 2 aromatic carbocycles. The van der Waals surface area contributed by atoms with E-state index in [1.165, 1.54) is 11.1 Å². The third-order valence-corrected chi connectivity index (χ3v) is 4.89. The zero-order chi connectivity index (χ0) is 21.1. The van der Waals surface area contributed by atoms with Crippen LogP contribution in [0.25, 0.3) is 0 Å². The van der Waals surface area contributed by atoms with E-state index in [9.17, 15) is 18.0 Å². The average molecular weight is 419 g/mol. The largest absolute Gasteiger partial charge is 0.478 e. The standard InChI is InChI=1S/C21H20F3N3O3/c22-21(23,24)18-14-25-19(16-10-4-5-11-17(16)29-18)27(15-8-2-1-3-9-15)30-20(28)26-12-6-7-13-26/h1-5,8-11,18H,6-7,12-14H2. The van der Waals surface area contributed by atoms with Crippen LogP contribution in [0.15, 0.2) is 59.6 Å². The van der Waals surface area contributed by atoms with Gasteiger partial charge in [-0.1, -0.05) is 30.3 Å². The normalized spacial score (nSPS) is 18.7. The van der Waals surface area contributed by atoms with Gasteiger partial charge < -0.3 is 14.5 Å². The minimum atomic E-state index is -4.59. The van der Waals surface area contributed by atoms with Gasteiger partial charge in [0.2, 0.25) is 6.10 Å². The van der Waals surface area contributed by atoms with Crippen LogP contribution in [0.3, 0.4) is 0 Å². The lowest BCUT2D eigenvalue weighted by molar-refractivity contribution is -0.191. The van der Waals surface area contributed by atoms with Crippen molar-refractivity contribution >= 4 is 17.6 Å². The molecule has 158 valence electrons. The molecule has 0 spiro atoms. The topological polar surface area (TPSA) is 54.4 Å². The molecule has 1 fully saturated rings. The maximum absolute atomic E-state index is 13.4. The fourth-order valence-corrected chi connectivity index (χ4v) is 3.36. The van der Waals surface area contributed by atoms with Crippen LogP contribution < -0.4 is 9.80 Å². The fraction of sp³-hybridized carbons (Fsp3) is 0.333. The number of fused-ring (bicyclic) bond motifs is 1. The van der Waals surface area contributed by atoms with Gasteiger partial charge in [0.25, 0.3) is 0 Å². The molecule has 2 aromatic rings. The van der Waals surface area contributed by atoms with Gasteiger partial charge in [-0.3, -0.25) is 4.99 Å². The zero-order valence-electron chi connectivity index (χ0n) is 16.0. The number of amides is 1. The second kappa shape index (κ2) is 8.25. The van der Waals surface area contributed by atoms with Crippen molar-refractivity contribution in [1.29, 1.82) is 0 Å². The summed E-state index contributed by atoms with van der Waals surface area (Å²) >= 11 is 0. The van der Waals surface area contributed by atoms with Gasteiger partial charge in [0.15, 0.2) is 5.84 Å². The van der Waals surface area contributed by atoms with Gasteiger partial charge in [0.1, 0.15) is 5.75 Å². The van der Waals surface area contributed by atoms with E-state index in [0.29, 0.717) is 24.3 Å². The number of amidine groups is 1. The number of para-hydroxylation sites is 2. The number of anilines is 1. The van der Waals surface area contributed by atoms with Crippen molar-refractivity contribution in [2.75, 3.05) is 24.7 Å². The highest BCUT2D eigenvalue weighted by atomic mass is 19.4. The number of hydrogen-bond acceptors (Lipinski definition) is 5. The zero-order valence-corrected chi connectivity index (χ0v) is 16.0. The van der Waals surface area contributed by atoms with E-state index in [1.54, 1.807) is 53.4 Å². The number of benzene rings is 2. The van der Waals surface area contributed by atoms with Gasteiger partial charge in [-0.05, 0) is 37.1 Å². The van der Waals surface area contributed by atoms with E-state index in [1.807, 2.05) is 0 Å². The fourth-order valence-electron chi connectivity index (χ4n) is 3.36. The van der Waals surface area contributed by atoms with Crippen molar-refractivity contribution in [3.05, 3.63) is 60.2 Å². The van der Waals surface area contributed by atoms with Crippen molar-refractivity contribution in [2.24, 2.45) is 4.99 Å². The van der Waals surface area contributed by atoms with Crippen LogP contribution in [-0.4, -0.2) is 48.7 Å². The molecule has 0 aliphatic carbocycles. The first-order chi connectivity index (χ1) is 14.4. The Kier molecular flexibility index (Phi) is 5.52. The highest BCUT2D eigenvalue weighted by molar-refractivity contribution is 6.11. The van der Waals surface area contributed by atoms with Gasteiger partial charge in [-0.15, -0.1) is 0 Å². The predicted octanol–water partition coefficient (Wildman–Crippen LogP) is 4.41. The maximum atomic E-state index is 13.4. The monoisotopic (exact) mass is 419 g/mol. The van der Waals surface area contributed by atoms with Crippen molar-refractivity contribution in [2.45, 2.75) is 25.1 Å². The summed E-state index contributed by atoms with van der Waals surface area (Å²) in [5.41, 5.74) is 0.770. The number of hydrogen-bond donors (Lipinski definition) is 0. The third-order valence-electron chi connectivity index (χ3n) is 4.89. The Bertz CT molecular complexity index is 928. The number of ether oxygens (including phenoxy) is 1. The first-order valence-electron chi connectivity index (χ1n) is 9.63. The van der Waals surface area contributed by atoms with Crippen LogP contribution in [0.2, 0.25) is 0 Å². The molecule has 1 unspecified atom stereocenters. The van der Waals surface area contributed by atoms with Crippen molar-refractivity contribution in [1.82, 2.24) is 4.90 Å². The number of nitrogens with zero attached hydrogens (tertiary/aromatic N) is 3. The van der Waals surface area contributed by atoms with Gasteiger partial charge in [-0.25, -0.2) is 4.79 Å². The molecule has 30 heavy (non-hydrogen) atoms. The quantitative estimate of drug-likeness (QED) is 0.643. The number of aliphatic imine (C=N–C) groups is 1. The Hall–Kier alpha value is -3.23. The lowest BCUT2D eigenvalue weighted by Gasteiger charge is -2.27. The Balaban J connectivity index is 1.75. The number of rotatable bonds is 1. The number of halogens is 3. The van der Waals surface area contributed by atoms with Crippen LogP contribution in [0.4, 0.5) is 23.7 Å². The molecule has 0 saturated carbocycles. The molecule has 0 aromatic heterocycles. The summed E-state index contributed by atoms with van der Waals surface area (Å²) in [5.74, 6) is 0.102. The molecule has 1 saturated heterocycles. The predicted molar refractivity (Wildman–Crippen MR) is 105 cm³/mol. The maximum Gasteiger partial charge on any atom is 0.434 e. The number of likely N-dealkylation sites (tertiary alicyclic amines) is 1. The molecular formula is C21H20F3N3O3. The summed E-state index contributed by atoms with van der Waals surface area (Å²) in [6, 6.07) is 14.9. The number of alkyl halides is 3. The average Bonchev–Trinajstić information content (AvgIpc) is 3.20. The Morgan fingerprint density at radius 3 is 2.43 bits per heavy atom. The molecule has 0 bridgehead atoms. The lowest BCUT2D eigenvalue weighted by Crippen LogP contribution is -2.40.